The first-order valence-electron chi connectivity index (χ1n) is 11.4. The summed E-state index contributed by atoms with van der Waals surface area (Å²) in [6, 6.07) is 1.33. The molecule has 5 rings (SSSR count). The number of hydrogen-bond donors (Lipinski definition) is 3. The Balaban J connectivity index is 1.34. The quantitative estimate of drug-likeness (QED) is 0.437. The number of aromatic nitrogens is 1. The summed E-state index contributed by atoms with van der Waals surface area (Å²) >= 11 is 1.25. The number of carbonyl (C=O) groups excluding carboxylic acids is 1. The molecular formula is C25H28N2O5S. The molecule has 3 N–H and O–H groups in total. The van der Waals surface area contributed by atoms with Crippen LogP contribution in [0.2, 0.25) is 0 Å². The van der Waals surface area contributed by atoms with Gasteiger partial charge in [0.1, 0.15) is 15.8 Å². The van der Waals surface area contributed by atoms with Gasteiger partial charge in [-0.15, -0.1) is 0 Å². The summed E-state index contributed by atoms with van der Waals surface area (Å²) in [6.07, 6.45) is 12.6. The number of methoxy groups -OCH3 is 1. The lowest BCUT2D eigenvalue weighted by Gasteiger charge is -2.36. The smallest absolute Gasteiger partial charge is 0.272 e. The van der Waals surface area contributed by atoms with E-state index in [0.717, 1.165) is 45.1 Å². The maximum atomic E-state index is 12.9. The molecule has 1 saturated heterocycles. The molecule has 1 unspecified atom stereocenters. The molecule has 0 radical (unpaired) electrons. The Kier molecular flexibility index (Phi) is 5.56. The second kappa shape index (κ2) is 8.41. The van der Waals surface area contributed by atoms with Crippen LogP contribution in [-0.2, 0) is 11.3 Å². The second-order valence-electron chi connectivity index (χ2n) is 9.12. The van der Waals surface area contributed by atoms with Crippen molar-refractivity contribution in [2.45, 2.75) is 51.5 Å². The first-order valence-corrected chi connectivity index (χ1v) is 12.2. The Morgan fingerprint density at radius 1 is 1.24 bits per heavy atom. The number of unbranched alkanes of at least 4 members (excludes halogenated alkanes) is 1. The van der Waals surface area contributed by atoms with Gasteiger partial charge < -0.3 is 20.3 Å². The number of aromatic hydroxyl groups is 2. The van der Waals surface area contributed by atoms with Gasteiger partial charge in [-0.2, -0.15) is 0 Å². The lowest BCUT2D eigenvalue weighted by molar-refractivity contribution is -0.124. The van der Waals surface area contributed by atoms with E-state index in [1.165, 1.54) is 41.4 Å². The lowest BCUT2D eigenvalue weighted by Crippen LogP contribution is -2.40. The van der Waals surface area contributed by atoms with E-state index in [1.807, 2.05) is 0 Å². The van der Waals surface area contributed by atoms with Gasteiger partial charge in [-0.05, 0) is 49.7 Å². The van der Waals surface area contributed by atoms with Crippen LogP contribution in [-0.4, -0.2) is 33.7 Å². The Morgan fingerprint density at radius 3 is 2.88 bits per heavy atom. The zero-order valence-corrected chi connectivity index (χ0v) is 19.5. The van der Waals surface area contributed by atoms with Gasteiger partial charge in [0.05, 0.1) is 7.11 Å². The Labute approximate surface area is 195 Å². The highest BCUT2D eigenvalue weighted by Gasteiger charge is 2.45. The number of carbonyl (C=O) groups is 1. The highest BCUT2D eigenvalue weighted by Crippen LogP contribution is 2.55. The average Bonchev–Trinajstić information content (AvgIpc) is 3.28. The largest absolute Gasteiger partial charge is 0.504 e. The summed E-state index contributed by atoms with van der Waals surface area (Å²) in [7, 11) is 1.47. The Hall–Kier alpha value is -3.00. The van der Waals surface area contributed by atoms with Gasteiger partial charge in [0.15, 0.2) is 11.5 Å². The number of piperidine rings is 1. The second-order valence-corrected chi connectivity index (χ2v) is 10.2. The number of phenolic OH excluding ortho intramolecular Hbond substituents is 2. The summed E-state index contributed by atoms with van der Waals surface area (Å²) in [4.78, 5) is 25.1. The molecule has 33 heavy (non-hydrogen) atoms. The molecule has 1 amide bonds. The third-order valence-electron chi connectivity index (χ3n) is 7.20. The number of nitrogens with zero attached hydrogens (tertiary/aromatic N) is 1. The molecule has 8 heteroatoms. The van der Waals surface area contributed by atoms with E-state index < -0.39 is 5.75 Å². The third-order valence-corrected chi connectivity index (χ3v) is 8.36. The van der Waals surface area contributed by atoms with Crippen LogP contribution in [0.15, 0.2) is 45.8 Å². The number of ether oxygens (including phenoxy) is 1. The van der Waals surface area contributed by atoms with Gasteiger partial charge in [0, 0.05) is 31.0 Å². The molecule has 174 valence electrons. The Morgan fingerprint density at radius 2 is 2.09 bits per heavy atom. The number of allylic oxidation sites excluding steroid dienone is 6. The minimum atomic E-state index is -0.397. The van der Waals surface area contributed by atoms with Crippen LogP contribution in [0.4, 0.5) is 0 Å². The molecule has 1 atom stereocenters. The topological polar surface area (TPSA) is 101 Å². The van der Waals surface area contributed by atoms with E-state index in [9.17, 15) is 19.8 Å². The number of hydrogen-bond acceptors (Lipinski definition) is 6. The van der Waals surface area contributed by atoms with Crippen LogP contribution in [0.3, 0.4) is 0 Å². The molecular weight excluding hydrogens is 440 g/mol. The number of benzene rings is 1. The molecule has 0 bridgehead atoms. The lowest BCUT2D eigenvalue weighted by atomic mass is 9.71. The van der Waals surface area contributed by atoms with E-state index in [2.05, 4.69) is 23.5 Å². The number of rotatable bonds is 6. The summed E-state index contributed by atoms with van der Waals surface area (Å²) < 4.78 is 7.44. The zero-order valence-electron chi connectivity index (χ0n) is 18.6. The van der Waals surface area contributed by atoms with Crippen LogP contribution in [0.1, 0.15) is 44.9 Å². The molecule has 1 aromatic carbocycles. The summed E-state index contributed by atoms with van der Waals surface area (Å²) in [5.41, 5.74) is 3.86. The van der Waals surface area contributed by atoms with E-state index in [4.69, 9.17) is 4.74 Å². The molecule has 1 aromatic heterocycles. The number of nitrogens with one attached hydrogen (secondary N) is 1. The number of phenols is 2. The third kappa shape index (κ3) is 3.66. The number of fused-ring (bicyclic) bond motifs is 2. The summed E-state index contributed by atoms with van der Waals surface area (Å²) in [6.45, 7) is 1.26. The van der Waals surface area contributed by atoms with Crippen molar-refractivity contribution in [1.82, 2.24) is 9.27 Å². The van der Waals surface area contributed by atoms with Crippen molar-refractivity contribution < 1.29 is 19.7 Å². The van der Waals surface area contributed by atoms with Crippen molar-refractivity contribution in [1.29, 1.82) is 0 Å². The van der Waals surface area contributed by atoms with Crippen LogP contribution in [0, 0.1) is 5.41 Å². The van der Waals surface area contributed by atoms with Gasteiger partial charge in [0.25, 0.3) is 5.56 Å². The van der Waals surface area contributed by atoms with E-state index in [0.29, 0.717) is 23.4 Å². The van der Waals surface area contributed by atoms with E-state index in [1.54, 1.807) is 3.96 Å². The highest BCUT2D eigenvalue weighted by molar-refractivity contribution is 7.14. The minimum absolute atomic E-state index is 0.0549. The standard InChI is InChI=1S/C25H28N2O5S/c1-32-19-12-18(28)22(30)21-23(19)33-27(24(21)31)11-5-4-8-17-16-7-3-2-6-15(16)13-25(17)9-10-26-20(29)14-25/h2-3,6,12,28,30H,4-5,7-11,13-14H2,1H3,(H,26,29). The SMILES string of the molecule is COc1cc(O)c(O)c2c(=O)n(CCCCC3=C4CC=CC=C4CC34CCNC(=O)C4)sc12. The number of aryl methyl sites for hydroxylation is 1. The molecule has 2 heterocycles. The predicted molar refractivity (Wildman–Crippen MR) is 128 cm³/mol. The molecule has 1 aliphatic heterocycles. The number of amides is 1. The molecule has 7 nitrogen and oxygen atoms in total. The summed E-state index contributed by atoms with van der Waals surface area (Å²) in [5, 5.41) is 23.2. The van der Waals surface area contributed by atoms with E-state index in [-0.39, 0.29) is 28.0 Å². The van der Waals surface area contributed by atoms with Crippen molar-refractivity contribution in [2.24, 2.45) is 5.41 Å². The van der Waals surface area contributed by atoms with Gasteiger partial charge in [-0.3, -0.25) is 13.5 Å². The maximum absolute atomic E-state index is 12.9. The van der Waals surface area contributed by atoms with E-state index >= 15 is 0 Å². The molecule has 2 aromatic rings. The molecule has 3 aliphatic rings. The van der Waals surface area contributed by atoms with Crippen LogP contribution < -0.4 is 15.6 Å². The normalized spacial score (nSPS) is 22.1. The van der Waals surface area contributed by atoms with Crippen molar-refractivity contribution in [3.63, 3.8) is 0 Å². The first kappa shape index (κ1) is 21.8. The predicted octanol–water partition coefficient (Wildman–Crippen LogP) is 4.14. The van der Waals surface area contributed by atoms with Gasteiger partial charge in [0.2, 0.25) is 5.91 Å². The Bertz CT molecular complexity index is 1280. The highest BCUT2D eigenvalue weighted by atomic mass is 32.1. The summed E-state index contributed by atoms with van der Waals surface area (Å²) in [5.74, 6) is -0.240. The average molecular weight is 469 g/mol. The van der Waals surface area contributed by atoms with Gasteiger partial charge >= 0.3 is 0 Å². The molecule has 1 fully saturated rings. The van der Waals surface area contributed by atoms with Crippen molar-refractivity contribution in [3.05, 3.63) is 51.4 Å². The van der Waals surface area contributed by atoms with Crippen molar-refractivity contribution in [3.8, 4) is 17.2 Å². The maximum Gasteiger partial charge on any atom is 0.272 e. The van der Waals surface area contributed by atoms with Crippen molar-refractivity contribution in [2.75, 3.05) is 13.7 Å². The monoisotopic (exact) mass is 468 g/mol. The van der Waals surface area contributed by atoms with Crippen molar-refractivity contribution >= 4 is 27.5 Å². The van der Waals surface area contributed by atoms with Crippen LogP contribution in [0.25, 0.3) is 10.1 Å². The van der Waals surface area contributed by atoms with Crippen LogP contribution >= 0.6 is 11.5 Å². The van der Waals surface area contributed by atoms with Gasteiger partial charge in [-0.1, -0.05) is 35.3 Å². The first-order chi connectivity index (χ1) is 15.9. The minimum Gasteiger partial charge on any atom is -0.504 e. The molecule has 1 spiro atoms. The fraction of sp³-hybridized carbons (Fsp3) is 0.440. The fourth-order valence-corrected chi connectivity index (χ4v) is 6.76. The van der Waals surface area contributed by atoms with Crippen LogP contribution in [0.5, 0.6) is 17.2 Å². The molecule has 0 saturated carbocycles. The zero-order chi connectivity index (χ0) is 23.2. The van der Waals surface area contributed by atoms with Gasteiger partial charge in [-0.25, -0.2) is 0 Å². The molecule has 2 aliphatic carbocycles. The fourth-order valence-electron chi connectivity index (χ4n) is 5.64.